The quantitative estimate of drug-likeness (QED) is 0.702. The van der Waals surface area contributed by atoms with Gasteiger partial charge in [0.25, 0.3) is 0 Å². The van der Waals surface area contributed by atoms with Crippen molar-refractivity contribution < 1.29 is 0 Å². The van der Waals surface area contributed by atoms with E-state index in [1.165, 1.54) is 21.6 Å². The Morgan fingerprint density at radius 1 is 1.21 bits per heavy atom. The van der Waals surface area contributed by atoms with E-state index < -0.39 is 0 Å². The first kappa shape index (κ1) is 15.2. The molecule has 1 heterocycles. The summed E-state index contributed by atoms with van der Waals surface area (Å²) in [5, 5.41) is 3.58. The largest absolute Gasteiger partial charge is 0.306 e. The van der Waals surface area contributed by atoms with Crippen molar-refractivity contribution in [2.75, 3.05) is 6.54 Å². The van der Waals surface area contributed by atoms with E-state index in [9.17, 15) is 0 Å². The molecule has 1 N–H and O–H groups in total. The fourth-order valence-corrected chi connectivity index (χ4v) is 4.41. The molecule has 4 heteroatoms. The highest BCUT2D eigenvalue weighted by Crippen LogP contribution is 2.38. The summed E-state index contributed by atoms with van der Waals surface area (Å²) in [6, 6.07) is 9.13. The average Bonchev–Trinajstić information content (AvgIpc) is 2.67. The van der Waals surface area contributed by atoms with Crippen LogP contribution in [0.1, 0.15) is 34.5 Å². The van der Waals surface area contributed by atoms with Crippen molar-refractivity contribution >= 4 is 43.2 Å². The van der Waals surface area contributed by atoms with E-state index in [0.717, 1.165) is 14.8 Å². The fraction of sp³-hybridized carbons (Fsp3) is 0.333. The summed E-state index contributed by atoms with van der Waals surface area (Å²) in [4.78, 5) is 1.33. The van der Waals surface area contributed by atoms with E-state index in [4.69, 9.17) is 0 Å². The molecule has 0 spiro atoms. The molecule has 0 bridgehead atoms. The van der Waals surface area contributed by atoms with E-state index >= 15 is 0 Å². The molecule has 0 aliphatic heterocycles. The van der Waals surface area contributed by atoms with Gasteiger partial charge in [-0.2, -0.15) is 0 Å². The molecule has 2 aromatic rings. The summed E-state index contributed by atoms with van der Waals surface area (Å²) in [6.45, 7) is 7.42. The molecule has 0 aliphatic carbocycles. The van der Waals surface area contributed by atoms with Gasteiger partial charge in [0.15, 0.2) is 0 Å². The van der Waals surface area contributed by atoms with Gasteiger partial charge < -0.3 is 5.32 Å². The van der Waals surface area contributed by atoms with E-state index in [-0.39, 0.29) is 6.04 Å². The first-order valence-electron chi connectivity index (χ1n) is 6.28. The molecular formula is C15H17Br2NS. The number of thiophene rings is 1. The second-order valence-electron chi connectivity index (χ2n) is 4.62. The van der Waals surface area contributed by atoms with Crippen molar-refractivity contribution in [3.05, 3.63) is 54.1 Å². The maximum Gasteiger partial charge on any atom is 0.0843 e. The third-order valence-electron chi connectivity index (χ3n) is 3.09. The summed E-state index contributed by atoms with van der Waals surface area (Å²) in [5.74, 6) is 0. The van der Waals surface area contributed by atoms with Crippen molar-refractivity contribution in [3.8, 4) is 0 Å². The van der Waals surface area contributed by atoms with E-state index in [2.05, 4.69) is 82.2 Å². The van der Waals surface area contributed by atoms with Gasteiger partial charge in [-0.05, 0) is 69.4 Å². The zero-order valence-corrected chi connectivity index (χ0v) is 15.2. The van der Waals surface area contributed by atoms with Crippen LogP contribution in [0.25, 0.3) is 0 Å². The highest BCUT2D eigenvalue weighted by atomic mass is 79.9. The molecule has 0 aliphatic rings. The molecule has 1 aromatic heterocycles. The van der Waals surface area contributed by atoms with Crippen molar-refractivity contribution in [1.82, 2.24) is 5.32 Å². The lowest BCUT2D eigenvalue weighted by molar-refractivity contribution is 0.636. The van der Waals surface area contributed by atoms with Gasteiger partial charge in [-0.3, -0.25) is 0 Å². The Labute approximate surface area is 135 Å². The maximum atomic E-state index is 3.58. The topological polar surface area (TPSA) is 12.0 Å². The normalized spacial score (nSPS) is 12.7. The predicted molar refractivity (Wildman–Crippen MR) is 91.2 cm³/mol. The second kappa shape index (κ2) is 6.53. The predicted octanol–water partition coefficient (Wildman–Crippen LogP) is 5.59. The van der Waals surface area contributed by atoms with Crippen LogP contribution < -0.4 is 5.32 Å². The number of hydrogen-bond acceptors (Lipinski definition) is 2. The minimum Gasteiger partial charge on any atom is -0.306 e. The minimum atomic E-state index is 0.262. The van der Waals surface area contributed by atoms with Crippen LogP contribution in [0.4, 0.5) is 0 Å². The lowest BCUT2D eigenvalue weighted by Crippen LogP contribution is -2.21. The summed E-state index contributed by atoms with van der Waals surface area (Å²) in [5.41, 5.74) is 4.00. The van der Waals surface area contributed by atoms with Crippen molar-refractivity contribution in [3.63, 3.8) is 0 Å². The molecule has 0 saturated heterocycles. The zero-order chi connectivity index (χ0) is 14.0. The van der Waals surface area contributed by atoms with Gasteiger partial charge >= 0.3 is 0 Å². The molecule has 1 unspecified atom stereocenters. The van der Waals surface area contributed by atoms with Crippen molar-refractivity contribution in [2.24, 2.45) is 0 Å². The molecule has 1 nitrogen and oxygen atoms in total. The van der Waals surface area contributed by atoms with Gasteiger partial charge in [0.1, 0.15) is 0 Å². The Bertz CT molecular complexity index is 558. The third kappa shape index (κ3) is 3.48. The van der Waals surface area contributed by atoms with Crippen LogP contribution >= 0.6 is 43.2 Å². The maximum absolute atomic E-state index is 3.58. The number of benzene rings is 1. The van der Waals surface area contributed by atoms with Crippen LogP contribution in [-0.4, -0.2) is 6.54 Å². The Morgan fingerprint density at radius 3 is 2.47 bits per heavy atom. The van der Waals surface area contributed by atoms with Crippen LogP contribution in [-0.2, 0) is 0 Å². The minimum absolute atomic E-state index is 0.262. The SMILES string of the molecule is CCNC(c1cc(Br)c(Br)s1)c1ccc(C)cc1C. The van der Waals surface area contributed by atoms with Gasteiger partial charge in [-0.15, -0.1) is 11.3 Å². The molecule has 102 valence electrons. The number of hydrogen-bond donors (Lipinski definition) is 1. The van der Waals surface area contributed by atoms with Crippen molar-refractivity contribution in [2.45, 2.75) is 26.8 Å². The standard InChI is InChI=1S/C15H17Br2NS/c1-4-18-14(13-8-12(16)15(17)19-13)11-6-5-9(2)7-10(11)3/h5-8,14,18H,4H2,1-3H3. The first-order valence-corrected chi connectivity index (χ1v) is 8.68. The fourth-order valence-electron chi connectivity index (χ4n) is 2.22. The zero-order valence-electron chi connectivity index (χ0n) is 11.3. The average molecular weight is 403 g/mol. The number of halogens is 2. The highest BCUT2D eigenvalue weighted by Gasteiger charge is 2.18. The highest BCUT2D eigenvalue weighted by molar-refractivity contribution is 9.13. The van der Waals surface area contributed by atoms with Crippen LogP contribution in [0, 0.1) is 13.8 Å². The Kier molecular flexibility index (Phi) is 5.23. The van der Waals surface area contributed by atoms with Gasteiger partial charge in [-0.1, -0.05) is 30.7 Å². The molecule has 0 fully saturated rings. The second-order valence-corrected chi connectivity index (χ2v) is 7.88. The van der Waals surface area contributed by atoms with E-state index in [1.807, 2.05) is 0 Å². The van der Waals surface area contributed by atoms with Crippen LogP contribution in [0.2, 0.25) is 0 Å². The van der Waals surface area contributed by atoms with Gasteiger partial charge in [0.2, 0.25) is 0 Å². The summed E-state index contributed by atoms with van der Waals surface area (Å²) in [7, 11) is 0. The third-order valence-corrected chi connectivity index (χ3v) is 6.41. The molecule has 1 atom stereocenters. The van der Waals surface area contributed by atoms with Gasteiger partial charge in [-0.25, -0.2) is 0 Å². The number of rotatable bonds is 4. The van der Waals surface area contributed by atoms with Crippen LogP contribution in [0.15, 0.2) is 32.5 Å². The summed E-state index contributed by atoms with van der Waals surface area (Å²) >= 11 is 8.93. The van der Waals surface area contributed by atoms with Crippen LogP contribution in [0.5, 0.6) is 0 Å². The number of aryl methyl sites for hydroxylation is 2. The van der Waals surface area contributed by atoms with Crippen LogP contribution in [0.3, 0.4) is 0 Å². The van der Waals surface area contributed by atoms with E-state index in [0.29, 0.717) is 0 Å². The monoisotopic (exact) mass is 401 g/mol. The summed E-state index contributed by atoms with van der Waals surface area (Å²) < 4.78 is 2.27. The summed E-state index contributed by atoms with van der Waals surface area (Å²) in [6.07, 6.45) is 0. The molecule has 0 radical (unpaired) electrons. The molecule has 0 amide bonds. The lowest BCUT2D eigenvalue weighted by atomic mass is 9.98. The molecule has 1 aromatic carbocycles. The smallest absolute Gasteiger partial charge is 0.0843 e. The lowest BCUT2D eigenvalue weighted by Gasteiger charge is -2.19. The Balaban J connectivity index is 2.44. The molecular weight excluding hydrogens is 386 g/mol. The van der Waals surface area contributed by atoms with Crippen molar-refractivity contribution in [1.29, 1.82) is 0 Å². The first-order chi connectivity index (χ1) is 9.02. The molecule has 0 saturated carbocycles. The molecule has 19 heavy (non-hydrogen) atoms. The van der Waals surface area contributed by atoms with Gasteiger partial charge in [0, 0.05) is 9.35 Å². The molecule has 2 rings (SSSR count). The van der Waals surface area contributed by atoms with E-state index in [1.54, 1.807) is 11.3 Å². The Hall–Kier alpha value is -0.160. The van der Waals surface area contributed by atoms with Gasteiger partial charge in [0.05, 0.1) is 9.83 Å². The number of nitrogens with one attached hydrogen (secondary N) is 1. The Morgan fingerprint density at radius 2 is 1.95 bits per heavy atom.